The van der Waals surface area contributed by atoms with Crippen LogP contribution >= 0.6 is 0 Å². The molecule has 0 atom stereocenters. The van der Waals surface area contributed by atoms with Gasteiger partial charge in [-0.2, -0.15) is 0 Å². The summed E-state index contributed by atoms with van der Waals surface area (Å²) in [4.78, 5) is 12.2. The first kappa shape index (κ1) is 13.6. The topological polar surface area (TPSA) is 22.0 Å². The highest BCUT2D eigenvalue weighted by Crippen LogP contribution is 2.18. The minimum absolute atomic E-state index is 0.00169. The van der Waals surface area contributed by atoms with Crippen LogP contribution < -0.4 is 0 Å². The highest BCUT2D eigenvalue weighted by atomic mass is 19.1. The van der Waals surface area contributed by atoms with Gasteiger partial charge in [0.05, 0.1) is 6.54 Å². The molecular weight excluding hydrogens is 265 g/mol. The van der Waals surface area contributed by atoms with E-state index in [1.54, 1.807) is 18.2 Å². The van der Waals surface area contributed by atoms with Crippen LogP contribution in [0.15, 0.2) is 54.7 Å². The largest absolute Gasteiger partial charge is 0.340 e. The fraction of sp³-hybridized carbons (Fsp3) is 0.167. The molecule has 0 saturated heterocycles. The van der Waals surface area contributed by atoms with Crippen molar-refractivity contribution in [2.45, 2.75) is 19.9 Å². The molecule has 0 spiro atoms. The zero-order valence-electron chi connectivity index (χ0n) is 11.8. The summed E-state index contributed by atoms with van der Waals surface area (Å²) in [5.41, 5.74) is 2.68. The molecule has 3 aromatic rings. The first-order valence-corrected chi connectivity index (χ1v) is 6.94. The molecule has 0 aliphatic heterocycles. The number of ketones is 1. The number of hydrogen-bond donors (Lipinski definition) is 0. The molecule has 106 valence electrons. The number of carbonyl (C=O) groups excluding carboxylic acids is 1. The second-order valence-corrected chi connectivity index (χ2v) is 5.31. The average molecular weight is 281 g/mol. The fourth-order valence-electron chi connectivity index (χ4n) is 2.56. The normalized spacial score (nSPS) is 11.0. The molecule has 2 aromatic carbocycles. The highest BCUT2D eigenvalue weighted by molar-refractivity contribution is 5.85. The number of halogens is 1. The van der Waals surface area contributed by atoms with Gasteiger partial charge in [0, 0.05) is 18.1 Å². The van der Waals surface area contributed by atoms with Crippen molar-refractivity contribution in [2.75, 3.05) is 0 Å². The Morgan fingerprint density at radius 3 is 2.76 bits per heavy atom. The molecule has 2 nitrogen and oxygen atoms in total. The van der Waals surface area contributed by atoms with Gasteiger partial charge in [0.15, 0.2) is 5.78 Å². The lowest BCUT2D eigenvalue weighted by Crippen LogP contribution is -2.12. The summed E-state index contributed by atoms with van der Waals surface area (Å²) in [6.07, 6.45) is 2.03. The molecule has 1 aromatic heterocycles. The molecule has 21 heavy (non-hydrogen) atoms. The minimum atomic E-state index is -0.321. The zero-order valence-corrected chi connectivity index (χ0v) is 11.8. The van der Waals surface area contributed by atoms with Gasteiger partial charge in [-0.25, -0.2) is 4.39 Å². The number of carbonyl (C=O) groups is 1. The van der Waals surface area contributed by atoms with Crippen molar-refractivity contribution in [3.63, 3.8) is 0 Å². The van der Waals surface area contributed by atoms with Gasteiger partial charge in [0.1, 0.15) is 5.82 Å². The van der Waals surface area contributed by atoms with Gasteiger partial charge in [0.2, 0.25) is 0 Å². The number of rotatable bonds is 4. The van der Waals surface area contributed by atoms with Crippen LogP contribution in [0.1, 0.15) is 11.1 Å². The Kier molecular flexibility index (Phi) is 3.57. The third-order valence-corrected chi connectivity index (χ3v) is 3.62. The Bertz CT molecular complexity index is 804. The van der Waals surface area contributed by atoms with E-state index in [9.17, 15) is 9.18 Å². The van der Waals surface area contributed by atoms with Gasteiger partial charge in [-0.15, -0.1) is 0 Å². The van der Waals surface area contributed by atoms with Crippen molar-refractivity contribution in [2.24, 2.45) is 0 Å². The summed E-state index contributed by atoms with van der Waals surface area (Å²) in [6, 6.07) is 14.6. The lowest BCUT2D eigenvalue weighted by Gasteiger charge is -2.06. The summed E-state index contributed by atoms with van der Waals surface area (Å²) < 4.78 is 15.5. The molecule has 3 heteroatoms. The summed E-state index contributed by atoms with van der Waals surface area (Å²) in [7, 11) is 0. The average Bonchev–Trinajstić information content (AvgIpc) is 2.83. The smallest absolute Gasteiger partial charge is 0.156 e. The Labute approximate surface area is 122 Å². The standard InChI is InChI=1S/C18H16FNO/c1-13-6-7-18-15(10-13)8-9-20(18)12-16(21)11-14-4-2-3-5-17(14)19/h2-10H,11-12H2,1H3. The van der Waals surface area contributed by atoms with Gasteiger partial charge in [-0.3, -0.25) is 4.79 Å². The van der Waals surface area contributed by atoms with E-state index in [1.807, 2.05) is 35.9 Å². The first-order chi connectivity index (χ1) is 10.1. The Hall–Kier alpha value is -2.42. The molecule has 3 rings (SSSR count). The van der Waals surface area contributed by atoms with Gasteiger partial charge in [-0.1, -0.05) is 29.8 Å². The van der Waals surface area contributed by atoms with Crippen molar-refractivity contribution in [1.82, 2.24) is 4.57 Å². The van der Waals surface area contributed by atoms with E-state index in [0.29, 0.717) is 5.56 Å². The molecule has 0 unspecified atom stereocenters. The third-order valence-electron chi connectivity index (χ3n) is 3.62. The monoisotopic (exact) mass is 281 g/mol. The summed E-state index contributed by atoms with van der Waals surface area (Å²) in [5, 5.41) is 1.12. The van der Waals surface area contributed by atoms with Crippen LogP contribution in [-0.2, 0) is 17.8 Å². The molecule has 0 radical (unpaired) electrons. The number of aryl methyl sites for hydroxylation is 1. The molecule has 0 saturated carbocycles. The molecule has 0 amide bonds. The summed E-state index contributed by atoms with van der Waals surface area (Å²) >= 11 is 0. The predicted octanol–water partition coefficient (Wildman–Crippen LogP) is 3.90. The first-order valence-electron chi connectivity index (χ1n) is 6.94. The van der Waals surface area contributed by atoms with E-state index in [-0.39, 0.29) is 24.6 Å². The van der Waals surface area contributed by atoms with Crippen molar-refractivity contribution in [3.05, 3.63) is 71.7 Å². The SMILES string of the molecule is Cc1ccc2c(ccn2CC(=O)Cc2ccccc2F)c1. The molecule has 0 fully saturated rings. The van der Waals surface area contributed by atoms with Crippen LogP contribution in [0.3, 0.4) is 0 Å². The van der Waals surface area contributed by atoms with Gasteiger partial charge >= 0.3 is 0 Å². The van der Waals surface area contributed by atoms with Crippen LogP contribution in [-0.4, -0.2) is 10.4 Å². The number of fused-ring (bicyclic) bond motifs is 1. The molecule has 0 aliphatic carbocycles. The van der Waals surface area contributed by atoms with E-state index >= 15 is 0 Å². The highest BCUT2D eigenvalue weighted by Gasteiger charge is 2.10. The van der Waals surface area contributed by atoms with Gasteiger partial charge < -0.3 is 4.57 Å². The maximum Gasteiger partial charge on any atom is 0.156 e. The summed E-state index contributed by atoms with van der Waals surface area (Å²) in [6.45, 7) is 2.31. The Morgan fingerprint density at radius 2 is 1.95 bits per heavy atom. The number of aromatic nitrogens is 1. The molecule has 0 aliphatic rings. The maximum atomic E-state index is 13.6. The van der Waals surface area contributed by atoms with Crippen molar-refractivity contribution in [1.29, 1.82) is 0 Å². The molecular formula is C18H16FNO. The second kappa shape index (κ2) is 5.52. The van der Waals surface area contributed by atoms with Crippen molar-refractivity contribution in [3.8, 4) is 0 Å². The second-order valence-electron chi connectivity index (χ2n) is 5.31. The van der Waals surface area contributed by atoms with Crippen LogP contribution in [0.4, 0.5) is 4.39 Å². The fourth-order valence-corrected chi connectivity index (χ4v) is 2.56. The number of nitrogens with zero attached hydrogens (tertiary/aromatic N) is 1. The van der Waals surface area contributed by atoms with E-state index < -0.39 is 0 Å². The van der Waals surface area contributed by atoms with Gasteiger partial charge in [0.25, 0.3) is 0 Å². The van der Waals surface area contributed by atoms with E-state index in [1.165, 1.54) is 11.6 Å². The molecule has 0 bridgehead atoms. The molecule has 0 N–H and O–H groups in total. The van der Waals surface area contributed by atoms with Crippen LogP contribution in [0.2, 0.25) is 0 Å². The summed E-state index contributed by atoms with van der Waals surface area (Å²) in [5.74, 6) is -0.322. The quantitative estimate of drug-likeness (QED) is 0.711. The third kappa shape index (κ3) is 2.87. The Morgan fingerprint density at radius 1 is 1.14 bits per heavy atom. The van der Waals surface area contributed by atoms with Crippen LogP contribution in [0.5, 0.6) is 0 Å². The molecule has 1 heterocycles. The zero-order chi connectivity index (χ0) is 14.8. The Balaban J connectivity index is 1.79. The van der Waals surface area contributed by atoms with Crippen LogP contribution in [0, 0.1) is 12.7 Å². The maximum absolute atomic E-state index is 13.6. The lowest BCUT2D eigenvalue weighted by molar-refractivity contribution is -0.118. The van der Waals surface area contributed by atoms with E-state index in [0.717, 1.165) is 10.9 Å². The predicted molar refractivity (Wildman–Crippen MR) is 81.8 cm³/mol. The van der Waals surface area contributed by atoms with E-state index in [2.05, 4.69) is 6.07 Å². The van der Waals surface area contributed by atoms with Gasteiger partial charge in [-0.05, 0) is 42.1 Å². The number of benzene rings is 2. The van der Waals surface area contributed by atoms with Crippen LogP contribution in [0.25, 0.3) is 10.9 Å². The van der Waals surface area contributed by atoms with Crippen molar-refractivity contribution < 1.29 is 9.18 Å². The number of hydrogen-bond acceptors (Lipinski definition) is 1. The van der Waals surface area contributed by atoms with Crippen molar-refractivity contribution >= 4 is 16.7 Å². The van der Waals surface area contributed by atoms with E-state index in [4.69, 9.17) is 0 Å². The minimum Gasteiger partial charge on any atom is -0.340 e. The number of Topliss-reactive ketones (excluding diaryl/α,β-unsaturated/α-hetero) is 1. The lowest BCUT2D eigenvalue weighted by atomic mass is 10.1.